The lowest BCUT2D eigenvalue weighted by Crippen LogP contribution is -2.58. The molecule has 4 amide bonds. The number of carbonyl (C=O) groups is 3. The van der Waals surface area contributed by atoms with Gasteiger partial charge < -0.3 is 15.1 Å². The van der Waals surface area contributed by atoms with Gasteiger partial charge in [0.25, 0.3) is 11.8 Å². The number of piperidine rings is 1. The van der Waals surface area contributed by atoms with Crippen LogP contribution in [0.2, 0.25) is 0 Å². The molecule has 1 atom stereocenters. The Bertz CT molecular complexity index is 1160. The van der Waals surface area contributed by atoms with Crippen LogP contribution in [-0.2, 0) is 11.2 Å². The van der Waals surface area contributed by atoms with E-state index < -0.39 is 11.6 Å². The first-order chi connectivity index (χ1) is 17.1. The molecule has 2 aromatic rings. The summed E-state index contributed by atoms with van der Waals surface area (Å²) in [7, 11) is 3.78. The number of likely N-dealkylation sites (N-methyl/N-ethyl adjacent to an activating group) is 1. The molecule has 1 N–H and O–H groups in total. The first kappa shape index (κ1) is 25.8. The van der Waals surface area contributed by atoms with Crippen molar-refractivity contribution in [2.45, 2.75) is 38.6 Å². The van der Waals surface area contributed by atoms with Crippen molar-refractivity contribution in [1.82, 2.24) is 20.0 Å². The number of hydrogen-bond donors (Lipinski definition) is 1. The molecule has 2 fully saturated rings. The van der Waals surface area contributed by atoms with Gasteiger partial charge in [0.2, 0.25) is 0 Å². The van der Waals surface area contributed by atoms with Gasteiger partial charge in [-0.1, -0.05) is 18.2 Å². The van der Waals surface area contributed by atoms with Gasteiger partial charge in [-0.15, -0.1) is 0 Å². The molecule has 0 bridgehead atoms. The fourth-order valence-electron chi connectivity index (χ4n) is 5.29. The van der Waals surface area contributed by atoms with E-state index in [1.807, 2.05) is 55.9 Å². The van der Waals surface area contributed by atoms with Crippen LogP contribution >= 0.6 is 0 Å². The second kappa shape index (κ2) is 10.4. The van der Waals surface area contributed by atoms with Crippen molar-refractivity contribution in [2.24, 2.45) is 5.92 Å². The first-order valence-corrected chi connectivity index (χ1v) is 12.5. The molecule has 36 heavy (non-hydrogen) atoms. The van der Waals surface area contributed by atoms with E-state index in [4.69, 9.17) is 0 Å². The van der Waals surface area contributed by atoms with Crippen LogP contribution in [0.3, 0.4) is 0 Å². The van der Waals surface area contributed by atoms with Crippen molar-refractivity contribution >= 4 is 17.8 Å². The normalized spacial score (nSPS) is 20.8. The van der Waals surface area contributed by atoms with E-state index in [2.05, 4.69) is 5.32 Å². The Morgan fingerprint density at radius 3 is 2.44 bits per heavy atom. The van der Waals surface area contributed by atoms with Gasteiger partial charge in [-0.3, -0.25) is 14.5 Å². The molecular weight excluding hydrogens is 459 g/mol. The molecule has 2 aromatic carbocycles. The van der Waals surface area contributed by atoms with Crippen molar-refractivity contribution in [2.75, 3.05) is 40.3 Å². The molecule has 192 valence electrons. The molecule has 0 spiro atoms. The number of amides is 4. The lowest BCUT2D eigenvalue weighted by molar-refractivity contribution is -0.134. The Kier molecular flexibility index (Phi) is 7.45. The van der Waals surface area contributed by atoms with E-state index >= 15 is 0 Å². The number of rotatable bonds is 7. The molecule has 0 aliphatic carbocycles. The van der Waals surface area contributed by atoms with Gasteiger partial charge in [-0.05, 0) is 87.7 Å². The van der Waals surface area contributed by atoms with Crippen LogP contribution in [-0.4, -0.2) is 78.4 Å². The number of nitrogens with zero attached hydrogens (tertiary/aromatic N) is 3. The number of carbonyl (C=O) groups excluding carboxylic acids is 3. The number of aryl methyl sites for hydroxylation is 2. The summed E-state index contributed by atoms with van der Waals surface area (Å²) in [5, 5.41) is 3.01. The summed E-state index contributed by atoms with van der Waals surface area (Å²) in [6.07, 6.45) is 1.35. The zero-order valence-electron chi connectivity index (χ0n) is 21.5. The molecule has 2 saturated heterocycles. The van der Waals surface area contributed by atoms with Crippen molar-refractivity contribution in [1.29, 1.82) is 0 Å². The summed E-state index contributed by atoms with van der Waals surface area (Å²) in [4.78, 5) is 44.9. The van der Waals surface area contributed by atoms with E-state index in [1.54, 1.807) is 12.1 Å². The fraction of sp³-hybridized carbons (Fsp3) is 0.464. The number of halogens is 1. The Labute approximate surface area is 212 Å². The van der Waals surface area contributed by atoms with Crippen LogP contribution in [0.5, 0.6) is 0 Å². The molecule has 0 saturated carbocycles. The Balaban J connectivity index is 1.56. The Hall–Kier alpha value is -3.26. The van der Waals surface area contributed by atoms with Crippen molar-refractivity contribution in [3.05, 3.63) is 70.5 Å². The van der Waals surface area contributed by atoms with E-state index in [9.17, 15) is 18.8 Å². The highest BCUT2D eigenvalue weighted by Gasteiger charge is 2.55. The number of imide groups is 1. The van der Waals surface area contributed by atoms with Crippen molar-refractivity contribution in [3.8, 4) is 0 Å². The second-order valence-electron chi connectivity index (χ2n) is 10.3. The number of benzene rings is 2. The molecule has 2 aliphatic heterocycles. The zero-order chi connectivity index (χ0) is 26.0. The second-order valence-corrected chi connectivity index (χ2v) is 10.3. The molecule has 0 aromatic heterocycles. The minimum absolute atomic E-state index is 0.0230. The highest BCUT2D eigenvalue weighted by atomic mass is 19.1. The molecule has 0 radical (unpaired) electrons. The maximum absolute atomic E-state index is 14.0. The van der Waals surface area contributed by atoms with E-state index in [0.29, 0.717) is 43.6 Å². The lowest BCUT2D eigenvalue weighted by Gasteiger charge is -2.41. The highest BCUT2D eigenvalue weighted by Crippen LogP contribution is 2.37. The predicted octanol–water partition coefficient (Wildman–Crippen LogP) is 3.39. The fourth-order valence-corrected chi connectivity index (χ4v) is 5.29. The monoisotopic (exact) mass is 494 g/mol. The number of hydrogen-bond acceptors (Lipinski definition) is 4. The maximum Gasteiger partial charge on any atom is 0.325 e. The van der Waals surface area contributed by atoms with E-state index in [-0.39, 0.29) is 36.5 Å². The lowest BCUT2D eigenvalue weighted by atomic mass is 9.73. The number of likely N-dealkylation sites (tertiary alicyclic amines) is 1. The largest absolute Gasteiger partial charge is 0.339 e. The Morgan fingerprint density at radius 1 is 1.08 bits per heavy atom. The minimum atomic E-state index is -1.16. The van der Waals surface area contributed by atoms with Crippen molar-refractivity contribution in [3.63, 3.8) is 0 Å². The Morgan fingerprint density at radius 2 is 1.81 bits per heavy atom. The SMILES string of the molecule is Cc1ccc(C(=O)N2CCC(C3(Cc4cccc(F)c4)NC(=O)N(CCN(C)C)C3=O)CC2)cc1C. The van der Waals surface area contributed by atoms with Gasteiger partial charge in [-0.2, -0.15) is 0 Å². The average molecular weight is 495 g/mol. The van der Waals surface area contributed by atoms with Crippen LogP contribution in [0.15, 0.2) is 42.5 Å². The zero-order valence-corrected chi connectivity index (χ0v) is 21.5. The molecule has 2 aliphatic rings. The van der Waals surface area contributed by atoms with E-state index in [1.165, 1.54) is 17.0 Å². The van der Waals surface area contributed by atoms with Crippen LogP contribution < -0.4 is 5.32 Å². The smallest absolute Gasteiger partial charge is 0.325 e. The summed E-state index contributed by atoms with van der Waals surface area (Å²) in [6, 6.07) is 11.5. The minimum Gasteiger partial charge on any atom is -0.339 e. The molecule has 8 heteroatoms. The first-order valence-electron chi connectivity index (χ1n) is 12.5. The third kappa shape index (κ3) is 5.14. The van der Waals surface area contributed by atoms with Crippen LogP contribution in [0, 0.1) is 25.6 Å². The average Bonchev–Trinajstić information content (AvgIpc) is 3.08. The van der Waals surface area contributed by atoms with Crippen molar-refractivity contribution < 1.29 is 18.8 Å². The summed E-state index contributed by atoms with van der Waals surface area (Å²) >= 11 is 0. The van der Waals surface area contributed by atoms with E-state index in [0.717, 1.165) is 11.1 Å². The molecular formula is C28H35FN4O3. The molecule has 4 rings (SSSR count). The molecule has 7 nitrogen and oxygen atoms in total. The maximum atomic E-state index is 14.0. The third-order valence-electron chi connectivity index (χ3n) is 7.58. The standard InChI is InChI=1S/C28H35FN4O3/c1-19-8-9-22(16-20(19)2)25(34)32-12-10-23(11-13-32)28(18-21-6-5-7-24(29)17-21)26(35)33(27(36)30-28)15-14-31(3)4/h5-9,16-17,23H,10-15,18H2,1-4H3,(H,30,36). The summed E-state index contributed by atoms with van der Waals surface area (Å²) < 4.78 is 14.0. The summed E-state index contributed by atoms with van der Waals surface area (Å²) in [6.45, 7) is 5.82. The predicted molar refractivity (Wildman–Crippen MR) is 136 cm³/mol. The van der Waals surface area contributed by atoms with Crippen LogP contribution in [0.25, 0.3) is 0 Å². The highest BCUT2D eigenvalue weighted by molar-refractivity contribution is 6.07. The summed E-state index contributed by atoms with van der Waals surface area (Å²) in [5.74, 6) is -0.842. The number of urea groups is 1. The van der Waals surface area contributed by atoms with Gasteiger partial charge >= 0.3 is 6.03 Å². The van der Waals surface area contributed by atoms with Gasteiger partial charge in [0, 0.05) is 38.2 Å². The molecule has 1 unspecified atom stereocenters. The van der Waals surface area contributed by atoms with Crippen LogP contribution in [0.4, 0.5) is 9.18 Å². The number of nitrogens with one attached hydrogen (secondary N) is 1. The molecule has 2 heterocycles. The van der Waals surface area contributed by atoms with Crippen LogP contribution in [0.1, 0.15) is 39.9 Å². The quantitative estimate of drug-likeness (QED) is 0.599. The van der Waals surface area contributed by atoms with Gasteiger partial charge in [0.1, 0.15) is 11.4 Å². The van der Waals surface area contributed by atoms with Gasteiger partial charge in [-0.25, -0.2) is 9.18 Å². The topological polar surface area (TPSA) is 73.0 Å². The van der Waals surface area contributed by atoms with Gasteiger partial charge in [0.15, 0.2) is 0 Å². The summed E-state index contributed by atoms with van der Waals surface area (Å²) in [5.41, 5.74) is 2.37. The van der Waals surface area contributed by atoms with Gasteiger partial charge in [0.05, 0.1) is 0 Å². The third-order valence-corrected chi connectivity index (χ3v) is 7.58.